The Labute approximate surface area is 126 Å². The second-order valence-corrected chi connectivity index (χ2v) is 5.11. The summed E-state index contributed by atoms with van der Waals surface area (Å²) in [5, 5.41) is 10.2. The van der Waals surface area contributed by atoms with Crippen molar-refractivity contribution in [1.82, 2.24) is 5.01 Å². The Bertz CT molecular complexity index is 634. The molecule has 21 heavy (non-hydrogen) atoms. The van der Waals surface area contributed by atoms with E-state index in [4.69, 9.17) is 0 Å². The zero-order valence-corrected chi connectivity index (χ0v) is 12.7. The Hall–Kier alpha value is -2.42. The van der Waals surface area contributed by atoms with Crippen molar-refractivity contribution >= 4 is 6.08 Å². The van der Waals surface area contributed by atoms with Gasteiger partial charge in [-0.15, -0.1) is 5.11 Å². The summed E-state index contributed by atoms with van der Waals surface area (Å²) in [5.41, 5.74) is 5.49. The summed E-state index contributed by atoms with van der Waals surface area (Å²) in [6.07, 6.45) is 7.72. The molecule has 1 aliphatic carbocycles. The highest BCUT2D eigenvalue weighted by Crippen LogP contribution is 2.29. The highest BCUT2D eigenvalue weighted by Gasteiger charge is 2.13. The van der Waals surface area contributed by atoms with Gasteiger partial charge in [0.1, 0.15) is 0 Å². The van der Waals surface area contributed by atoms with E-state index in [2.05, 4.69) is 47.8 Å². The largest absolute Gasteiger partial charge is 0.285 e. The first-order chi connectivity index (χ1) is 10.2. The van der Waals surface area contributed by atoms with Crippen molar-refractivity contribution in [1.29, 1.82) is 0 Å². The fourth-order valence-electron chi connectivity index (χ4n) is 2.36. The van der Waals surface area contributed by atoms with E-state index in [0.29, 0.717) is 0 Å². The van der Waals surface area contributed by atoms with Crippen molar-refractivity contribution in [2.45, 2.75) is 12.8 Å². The highest BCUT2D eigenvalue weighted by atomic mass is 15.5. The number of aryl methyl sites for hydroxylation is 1. The zero-order valence-electron chi connectivity index (χ0n) is 12.7. The van der Waals surface area contributed by atoms with Crippen LogP contribution in [0.5, 0.6) is 0 Å². The molecule has 108 valence electrons. The van der Waals surface area contributed by atoms with Crippen LogP contribution >= 0.6 is 0 Å². The maximum atomic E-state index is 4.37. The number of hydrogen-bond acceptors (Lipinski definition) is 2. The average molecular weight is 279 g/mol. The Morgan fingerprint density at radius 3 is 2.52 bits per heavy atom. The highest BCUT2D eigenvalue weighted by molar-refractivity contribution is 5.65. The maximum Gasteiger partial charge on any atom is 0.0955 e. The maximum absolute atomic E-state index is 4.37. The summed E-state index contributed by atoms with van der Waals surface area (Å²) in [6.45, 7) is 7.85. The van der Waals surface area contributed by atoms with Gasteiger partial charge in [-0.05, 0) is 35.6 Å². The van der Waals surface area contributed by atoms with Crippen molar-refractivity contribution in [3.8, 4) is 0 Å². The third-order valence-corrected chi connectivity index (χ3v) is 3.41. The van der Waals surface area contributed by atoms with Gasteiger partial charge in [0.2, 0.25) is 0 Å². The minimum atomic E-state index is 0.820. The molecule has 2 rings (SSSR count). The molecule has 0 aromatic heterocycles. The lowest BCUT2D eigenvalue weighted by atomic mass is 9.91. The standard InChI is InChI=1S/C18H21N3/c1-5-14-11-12-15-9-7-8-10-16(15)13-18(17(14)6-2)19-20-21(3)4/h5-10,13H,1-2,11-12H2,3-4H3/b17-14-,18-13+,20-19-. The van der Waals surface area contributed by atoms with Crippen LogP contribution in [0.2, 0.25) is 0 Å². The van der Waals surface area contributed by atoms with Crippen LogP contribution in [0, 0.1) is 0 Å². The van der Waals surface area contributed by atoms with Crippen molar-refractivity contribution in [3.05, 3.63) is 77.5 Å². The molecule has 0 aliphatic heterocycles. The van der Waals surface area contributed by atoms with Crippen LogP contribution in [-0.4, -0.2) is 19.1 Å². The van der Waals surface area contributed by atoms with Gasteiger partial charge in [0.05, 0.1) is 5.70 Å². The van der Waals surface area contributed by atoms with E-state index in [1.807, 2.05) is 32.3 Å². The Balaban J connectivity index is 2.60. The third kappa shape index (κ3) is 3.57. The first-order valence-corrected chi connectivity index (χ1v) is 7.02. The molecule has 3 heteroatoms. The van der Waals surface area contributed by atoms with Gasteiger partial charge in [-0.25, -0.2) is 0 Å². The molecule has 0 unspecified atom stereocenters. The summed E-state index contributed by atoms with van der Waals surface area (Å²) < 4.78 is 0. The van der Waals surface area contributed by atoms with Gasteiger partial charge in [-0.3, -0.25) is 5.01 Å². The monoisotopic (exact) mass is 279 g/mol. The molecule has 0 spiro atoms. The van der Waals surface area contributed by atoms with Crippen LogP contribution in [-0.2, 0) is 6.42 Å². The van der Waals surface area contributed by atoms with Gasteiger partial charge in [0.15, 0.2) is 0 Å². The van der Waals surface area contributed by atoms with E-state index in [0.717, 1.165) is 29.7 Å². The second-order valence-electron chi connectivity index (χ2n) is 5.11. The lowest BCUT2D eigenvalue weighted by Crippen LogP contribution is -2.02. The van der Waals surface area contributed by atoms with Gasteiger partial charge in [0, 0.05) is 19.7 Å². The molecule has 3 nitrogen and oxygen atoms in total. The first kappa shape index (κ1) is 15.0. The minimum Gasteiger partial charge on any atom is -0.285 e. The molecule has 0 amide bonds. The summed E-state index contributed by atoms with van der Waals surface area (Å²) in [6, 6.07) is 8.39. The number of nitrogens with zero attached hydrogens (tertiary/aromatic N) is 3. The normalized spacial score (nSPS) is 21.0. The predicted octanol–water partition coefficient (Wildman–Crippen LogP) is 4.57. The van der Waals surface area contributed by atoms with E-state index >= 15 is 0 Å². The fourth-order valence-corrected chi connectivity index (χ4v) is 2.36. The average Bonchev–Trinajstić information content (AvgIpc) is 2.47. The predicted molar refractivity (Wildman–Crippen MR) is 88.7 cm³/mol. The fraction of sp³-hybridized carbons (Fsp3) is 0.222. The van der Waals surface area contributed by atoms with E-state index in [1.165, 1.54) is 11.1 Å². The molecule has 0 radical (unpaired) electrons. The third-order valence-electron chi connectivity index (χ3n) is 3.41. The number of benzene rings is 1. The number of hydrogen-bond donors (Lipinski definition) is 0. The van der Waals surface area contributed by atoms with Crippen LogP contribution in [0.4, 0.5) is 0 Å². The molecule has 0 fully saturated rings. The summed E-state index contributed by atoms with van der Waals surface area (Å²) in [4.78, 5) is 0. The second kappa shape index (κ2) is 6.84. The molecule has 0 atom stereocenters. The quantitative estimate of drug-likeness (QED) is 0.586. The van der Waals surface area contributed by atoms with Crippen LogP contribution in [0.15, 0.2) is 76.8 Å². The minimum absolute atomic E-state index is 0.820. The SMILES string of the molecule is C=C/C1=C(C=C)/C(/N=N\N(C)C)=C\c2ccccc2CC1. The van der Waals surface area contributed by atoms with Crippen LogP contribution in [0.1, 0.15) is 17.5 Å². The van der Waals surface area contributed by atoms with E-state index in [9.17, 15) is 0 Å². The molecule has 0 saturated carbocycles. The number of fused-ring (bicyclic) bond motifs is 1. The zero-order chi connectivity index (χ0) is 15.2. The van der Waals surface area contributed by atoms with Crippen molar-refractivity contribution in [2.75, 3.05) is 14.1 Å². The number of rotatable bonds is 4. The summed E-state index contributed by atoms with van der Waals surface area (Å²) in [5.74, 6) is 0. The molecule has 0 bridgehead atoms. The van der Waals surface area contributed by atoms with Gasteiger partial charge in [-0.2, -0.15) is 0 Å². The smallest absolute Gasteiger partial charge is 0.0955 e. The van der Waals surface area contributed by atoms with Gasteiger partial charge < -0.3 is 0 Å². The Kier molecular flexibility index (Phi) is 4.88. The Morgan fingerprint density at radius 1 is 1.10 bits per heavy atom. The topological polar surface area (TPSA) is 28.0 Å². The Morgan fingerprint density at radius 2 is 1.86 bits per heavy atom. The van der Waals surface area contributed by atoms with Gasteiger partial charge >= 0.3 is 0 Å². The van der Waals surface area contributed by atoms with E-state index in [-0.39, 0.29) is 0 Å². The van der Waals surface area contributed by atoms with E-state index < -0.39 is 0 Å². The molecule has 0 heterocycles. The first-order valence-electron chi connectivity index (χ1n) is 7.02. The van der Waals surface area contributed by atoms with Gasteiger partial charge in [-0.1, -0.05) is 54.8 Å². The lowest BCUT2D eigenvalue weighted by molar-refractivity contribution is 0.406. The lowest BCUT2D eigenvalue weighted by Gasteiger charge is -2.15. The molecule has 0 N–H and O–H groups in total. The van der Waals surface area contributed by atoms with Crippen LogP contribution < -0.4 is 0 Å². The molecule has 1 aliphatic rings. The van der Waals surface area contributed by atoms with Crippen LogP contribution in [0.3, 0.4) is 0 Å². The van der Waals surface area contributed by atoms with Crippen molar-refractivity contribution in [3.63, 3.8) is 0 Å². The summed E-state index contributed by atoms with van der Waals surface area (Å²) in [7, 11) is 3.71. The van der Waals surface area contributed by atoms with E-state index in [1.54, 1.807) is 5.01 Å². The molecular formula is C18H21N3. The van der Waals surface area contributed by atoms with Crippen LogP contribution in [0.25, 0.3) is 6.08 Å². The summed E-state index contributed by atoms with van der Waals surface area (Å²) >= 11 is 0. The van der Waals surface area contributed by atoms with Crippen molar-refractivity contribution in [2.24, 2.45) is 10.3 Å². The van der Waals surface area contributed by atoms with Crippen molar-refractivity contribution < 1.29 is 0 Å². The molecule has 1 aromatic carbocycles. The van der Waals surface area contributed by atoms with Gasteiger partial charge in [0.25, 0.3) is 0 Å². The molecule has 1 aromatic rings. The molecular weight excluding hydrogens is 258 g/mol. The number of allylic oxidation sites excluding steroid dienone is 3. The molecule has 0 saturated heterocycles.